The SMILES string of the molecule is Cc1ccc(/C=C(\C#N)C(=O)O[C@@H](C)C(=O)Nc2ccc(C)cc2C)cc1. The Morgan fingerprint density at radius 2 is 1.70 bits per heavy atom. The first kappa shape index (κ1) is 19.9. The van der Waals surface area contributed by atoms with E-state index in [2.05, 4.69) is 5.32 Å². The van der Waals surface area contributed by atoms with E-state index in [0.717, 1.165) is 16.7 Å². The van der Waals surface area contributed by atoms with Gasteiger partial charge in [-0.25, -0.2) is 4.79 Å². The molecule has 5 heteroatoms. The first-order valence-electron chi connectivity index (χ1n) is 8.57. The first-order chi connectivity index (χ1) is 12.8. The number of nitriles is 1. The average Bonchev–Trinajstić information content (AvgIpc) is 2.63. The van der Waals surface area contributed by atoms with Crippen molar-refractivity contribution >= 4 is 23.6 Å². The fourth-order valence-electron chi connectivity index (χ4n) is 2.43. The lowest BCUT2D eigenvalue weighted by Crippen LogP contribution is -2.30. The first-order valence-corrected chi connectivity index (χ1v) is 8.57. The Hall–Kier alpha value is -3.39. The van der Waals surface area contributed by atoms with Gasteiger partial charge in [0, 0.05) is 5.69 Å². The van der Waals surface area contributed by atoms with Gasteiger partial charge in [-0.05, 0) is 51.0 Å². The number of anilines is 1. The number of carbonyl (C=O) groups excluding carboxylic acids is 2. The number of aryl methyl sites for hydroxylation is 3. The quantitative estimate of drug-likeness (QED) is 0.494. The highest BCUT2D eigenvalue weighted by molar-refractivity contribution is 6.01. The molecule has 0 bridgehead atoms. The van der Waals surface area contributed by atoms with Gasteiger partial charge in [-0.3, -0.25) is 4.79 Å². The zero-order valence-electron chi connectivity index (χ0n) is 15.9. The van der Waals surface area contributed by atoms with Crippen LogP contribution in [0, 0.1) is 32.1 Å². The summed E-state index contributed by atoms with van der Waals surface area (Å²) in [4.78, 5) is 24.5. The van der Waals surface area contributed by atoms with Gasteiger partial charge in [-0.15, -0.1) is 0 Å². The van der Waals surface area contributed by atoms with Crippen molar-refractivity contribution in [2.45, 2.75) is 33.8 Å². The molecule has 2 aromatic rings. The van der Waals surface area contributed by atoms with Crippen LogP contribution in [0.4, 0.5) is 5.69 Å². The van der Waals surface area contributed by atoms with Crippen LogP contribution in [-0.2, 0) is 14.3 Å². The molecule has 0 unspecified atom stereocenters. The highest BCUT2D eigenvalue weighted by Crippen LogP contribution is 2.17. The van der Waals surface area contributed by atoms with E-state index in [1.54, 1.807) is 18.2 Å². The van der Waals surface area contributed by atoms with E-state index < -0.39 is 18.0 Å². The highest BCUT2D eigenvalue weighted by Gasteiger charge is 2.21. The van der Waals surface area contributed by atoms with Gasteiger partial charge < -0.3 is 10.1 Å². The van der Waals surface area contributed by atoms with Crippen molar-refractivity contribution in [1.82, 2.24) is 0 Å². The van der Waals surface area contributed by atoms with Gasteiger partial charge in [0.15, 0.2) is 6.10 Å². The molecule has 1 amide bonds. The summed E-state index contributed by atoms with van der Waals surface area (Å²) >= 11 is 0. The van der Waals surface area contributed by atoms with Gasteiger partial charge in [0.2, 0.25) is 0 Å². The summed E-state index contributed by atoms with van der Waals surface area (Å²) in [5.74, 6) is -1.29. The lowest BCUT2D eigenvalue weighted by atomic mass is 10.1. The van der Waals surface area contributed by atoms with Crippen LogP contribution in [0.25, 0.3) is 6.08 Å². The van der Waals surface area contributed by atoms with Crippen molar-refractivity contribution in [2.75, 3.05) is 5.32 Å². The molecular formula is C22H22N2O3. The smallest absolute Gasteiger partial charge is 0.349 e. The molecule has 0 aromatic heterocycles. The number of carbonyl (C=O) groups is 2. The van der Waals surface area contributed by atoms with Gasteiger partial charge >= 0.3 is 5.97 Å². The standard InChI is InChI=1S/C22H22N2O3/c1-14-5-8-18(9-6-14)12-19(13-23)22(26)27-17(4)21(25)24-20-10-7-15(2)11-16(20)3/h5-12,17H,1-4H3,(H,24,25)/b19-12+/t17-/m0/s1. The van der Waals surface area contributed by atoms with Crippen LogP contribution in [0.5, 0.6) is 0 Å². The summed E-state index contributed by atoms with van der Waals surface area (Å²) in [6, 6.07) is 14.8. The second kappa shape index (κ2) is 8.81. The molecule has 138 valence electrons. The van der Waals surface area contributed by atoms with Crippen molar-refractivity contribution in [3.05, 3.63) is 70.3 Å². The Bertz CT molecular complexity index is 922. The largest absolute Gasteiger partial charge is 0.448 e. The summed E-state index contributed by atoms with van der Waals surface area (Å²) in [5.41, 5.74) is 4.28. The molecule has 0 heterocycles. The Balaban J connectivity index is 2.05. The van der Waals surface area contributed by atoms with E-state index >= 15 is 0 Å². The Kier molecular flexibility index (Phi) is 6.51. The average molecular weight is 362 g/mol. The van der Waals surface area contributed by atoms with E-state index in [9.17, 15) is 14.9 Å². The maximum absolute atomic E-state index is 12.3. The van der Waals surface area contributed by atoms with Crippen LogP contribution in [0.1, 0.15) is 29.2 Å². The minimum absolute atomic E-state index is 0.162. The fraction of sp³-hybridized carbons (Fsp3) is 0.227. The minimum atomic E-state index is -1.03. The highest BCUT2D eigenvalue weighted by atomic mass is 16.5. The third-order valence-corrected chi connectivity index (χ3v) is 4.02. The predicted octanol–water partition coefficient (Wildman–Crippen LogP) is 4.09. The van der Waals surface area contributed by atoms with Crippen LogP contribution < -0.4 is 5.32 Å². The van der Waals surface area contributed by atoms with E-state index in [1.807, 2.05) is 51.1 Å². The molecule has 2 aromatic carbocycles. The summed E-state index contributed by atoms with van der Waals surface area (Å²) < 4.78 is 5.16. The van der Waals surface area contributed by atoms with Crippen molar-refractivity contribution in [1.29, 1.82) is 5.26 Å². The number of amides is 1. The Morgan fingerprint density at radius 3 is 2.30 bits per heavy atom. The van der Waals surface area contributed by atoms with Crippen molar-refractivity contribution < 1.29 is 14.3 Å². The lowest BCUT2D eigenvalue weighted by molar-refractivity contribution is -0.148. The van der Waals surface area contributed by atoms with Crippen molar-refractivity contribution in [3.8, 4) is 6.07 Å². The Morgan fingerprint density at radius 1 is 1.07 bits per heavy atom. The van der Waals surface area contributed by atoms with Crippen molar-refractivity contribution in [2.24, 2.45) is 0 Å². The molecule has 0 fully saturated rings. The molecule has 0 aliphatic heterocycles. The molecule has 5 nitrogen and oxygen atoms in total. The van der Waals surface area contributed by atoms with E-state index in [0.29, 0.717) is 11.3 Å². The van der Waals surface area contributed by atoms with Gasteiger partial charge in [-0.1, -0.05) is 47.5 Å². The number of nitrogens with zero attached hydrogens (tertiary/aromatic N) is 1. The molecule has 27 heavy (non-hydrogen) atoms. The van der Waals surface area contributed by atoms with Crippen LogP contribution in [-0.4, -0.2) is 18.0 Å². The minimum Gasteiger partial charge on any atom is -0.448 e. The molecule has 0 aliphatic carbocycles. The van der Waals surface area contributed by atoms with E-state index in [-0.39, 0.29) is 5.57 Å². The summed E-state index contributed by atoms with van der Waals surface area (Å²) in [6.07, 6.45) is 0.407. The molecule has 1 atom stereocenters. The van der Waals surface area contributed by atoms with Crippen molar-refractivity contribution in [3.63, 3.8) is 0 Å². The summed E-state index contributed by atoms with van der Waals surface area (Å²) in [7, 11) is 0. The van der Waals surface area contributed by atoms with Crippen LogP contribution >= 0.6 is 0 Å². The third kappa shape index (κ3) is 5.55. The number of nitrogens with one attached hydrogen (secondary N) is 1. The predicted molar refractivity (Wildman–Crippen MR) is 105 cm³/mol. The monoisotopic (exact) mass is 362 g/mol. The molecule has 1 N–H and O–H groups in total. The fourth-order valence-corrected chi connectivity index (χ4v) is 2.43. The lowest BCUT2D eigenvalue weighted by Gasteiger charge is -2.14. The van der Waals surface area contributed by atoms with Crippen LogP contribution in [0.15, 0.2) is 48.0 Å². The number of ether oxygens (including phenoxy) is 1. The molecule has 0 radical (unpaired) electrons. The van der Waals surface area contributed by atoms with E-state index in [1.165, 1.54) is 13.0 Å². The second-order valence-electron chi connectivity index (χ2n) is 6.44. The zero-order valence-corrected chi connectivity index (χ0v) is 15.9. The maximum Gasteiger partial charge on any atom is 0.349 e. The molecule has 0 saturated carbocycles. The molecule has 0 spiro atoms. The summed E-state index contributed by atoms with van der Waals surface area (Å²) in [5, 5.41) is 12.0. The Labute approximate surface area is 159 Å². The maximum atomic E-state index is 12.3. The molecular weight excluding hydrogens is 340 g/mol. The molecule has 0 saturated heterocycles. The van der Waals surface area contributed by atoms with Crippen LogP contribution in [0.2, 0.25) is 0 Å². The van der Waals surface area contributed by atoms with Gasteiger partial charge in [0.1, 0.15) is 11.6 Å². The number of benzene rings is 2. The normalized spacial score (nSPS) is 12.0. The second-order valence-corrected chi connectivity index (χ2v) is 6.44. The number of rotatable bonds is 5. The van der Waals surface area contributed by atoms with Gasteiger partial charge in [-0.2, -0.15) is 5.26 Å². The molecule has 2 rings (SSSR count). The third-order valence-electron chi connectivity index (χ3n) is 4.02. The van der Waals surface area contributed by atoms with Crippen LogP contribution in [0.3, 0.4) is 0 Å². The number of hydrogen-bond acceptors (Lipinski definition) is 4. The van der Waals surface area contributed by atoms with E-state index in [4.69, 9.17) is 4.74 Å². The molecule has 0 aliphatic rings. The topological polar surface area (TPSA) is 79.2 Å². The number of esters is 1. The van der Waals surface area contributed by atoms with Gasteiger partial charge in [0.25, 0.3) is 5.91 Å². The number of hydrogen-bond donors (Lipinski definition) is 1. The summed E-state index contributed by atoms with van der Waals surface area (Å²) in [6.45, 7) is 7.27. The van der Waals surface area contributed by atoms with Gasteiger partial charge in [0.05, 0.1) is 0 Å². The zero-order chi connectivity index (χ0) is 20.0.